The highest BCUT2D eigenvalue weighted by atomic mass is 16.5. The van der Waals surface area contributed by atoms with E-state index in [1.54, 1.807) is 0 Å². The second kappa shape index (κ2) is 10.5. The Morgan fingerprint density at radius 1 is 0.900 bits per heavy atom. The van der Waals surface area contributed by atoms with Crippen LogP contribution in [0, 0.1) is 0 Å². The van der Waals surface area contributed by atoms with Gasteiger partial charge in [-0.25, -0.2) is 19.9 Å². The average molecular weight is 535 g/mol. The van der Waals surface area contributed by atoms with Gasteiger partial charge in [0.15, 0.2) is 17.2 Å². The van der Waals surface area contributed by atoms with Crippen molar-refractivity contribution in [2.24, 2.45) is 0 Å². The Labute approximate surface area is 231 Å². The number of imidazole rings is 1. The van der Waals surface area contributed by atoms with Crippen LogP contribution >= 0.6 is 0 Å². The number of Topliss-reactive ketones (excluding diaryl/α,β-unsaturated/α-hetero) is 1. The fourth-order valence-corrected chi connectivity index (χ4v) is 5.43. The van der Waals surface area contributed by atoms with E-state index in [1.165, 1.54) is 0 Å². The molecule has 7 rings (SSSR count). The average Bonchev–Trinajstić information content (AvgIpc) is 3.44. The van der Waals surface area contributed by atoms with Crippen LogP contribution in [-0.2, 0) is 11.4 Å². The number of aromatic nitrogens is 5. The Morgan fingerprint density at radius 3 is 2.65 bits per heavy atom. The van der Waals surface area contributed by atoms with Crippen LogP contribution in [0.1, 0.15) is 18.5 Å². The Hall–Kier alpha value is -4.57. The minimum absolute atomic E-state index is 0.223. The van der Waals surface area contributed by atoms with E-state index in [2.05, 4.69) is 27.3 Å². The largest absolute Gasteiger partial charge is 0.471 e. The lowest BCUT2D eigenvalue weighted by Crippen LogP contribution is -2.43. The SMILES string of the molecule is O=C1CCCN(c2ncc(-c3ccc(N4CCNCC4)nc3)n3cc(COc4ccc5ccccc5n4)nc23)C1. The summed E-state index contributed by atoms with van der Waals surface area (Å²) in [5.41, 5.74) is 4.15. The first-order chi connectivity index (χ1) is 19.7. The Balaban J connectivity index is 1.22. The first-order valence-electron chi connectivity index (χ1n) is 13.8. The Morgan fingerprint density at radius 2 is 1.80 bits per heavy atom. The summed E-state index contributed by atoms with van der Waals surface area (Å²) in [5.74, 6) is 2.45. The maximum Gasteiger partial charge on any atom is 0.214 e. The molecule has 0 unspecified atom stereocenters. The Bertz CT molecular complexity index is 1680. The second-order valence-electron chi connectivity index (χ2n) is 10.2. The van der Waals surface area contributed by atoms with E-state index < -0.39 is 0 Å². The van der Waals surface area contributed by atoms with Crippen molar-refractivity contribution in [1.29, 1.82) is 0 Å². The van der Waals surface area contributed by atoms with Crippen molar-refractivity contribution in [1.82, 2.24) is 29.7 Å². The number of hydrogen-bond acceptors (Lipinski definition) is 9. The van der Waals surface area contributed by atoms with Gasteiger partial charge in [-0.1, -0.05) is 18.2 Å². The number of pyridine rings is 2. The van der Waals surface area contributed by atoms with Crippen LogP contribution in [0.5, 0.6) is 5.88 Å². The van der Waals surface area contributed by atoms with Crippen molar-refractivity contribution in [3.05, 3.63) is 72.8 Å². The van der Waals surface area contributed by atoms with E-state index in [1.807, 2.05) is 64.3 Å². The fourth-order valence-electron chi connectivity index (χ4n) is 5.43. The van der Waals surface area contributed by atoms with Crippen LogP contribution in [0.15, 0.2) is 67.1 Å². The highest BCUT2D eigenvalue weighted by Crippen LogP contribution is 2.28. The summed E-state index contributed by atoms with van der Waals surface area (Å²) in [5, 5.41) is 4.45. The van der Waals surface area contributed by atoms with Gasteiger partial charge in [0.1, 0.15) is 12.4 Å². The van der Waals surface area contributed by atoms with E-state index in [0.717, 1.165) is 72.8 Å². The number of ether oxygens (including phenoxy) is 1. The number of rotatable bonds is 6. The van der Waals surface area contributed by atoms with Gasteiger partial charge in [0.2, 0.25) is 5.88 Å². The smallest absolute Gasteiger partial charge is 0.214 e. The van der Waals surface area contributed by atoms with E-state index in [-0.39, 0.29) is 12.4 Å². The van der Waals surface area contributed by atoms with Gasteiger partial charge in [0.25, 0.3) is 0 Å². The highest BCUT2D eigenvalue weighted by Gasteiger charge is 2.23. The number of hydrogen-bond donors (Lipinski definition) is 1. The molecule has 202 valence electrons. The first-order valence-corrected chi connectivity index (χ1v) is 13.8. The lowest BCUT2D eigenvalue weighted by atomic mass is 10.1. The molecule has 0 bridgehead atoms. The third-order valence-electron chi connectivity index (χ3n) is 7.50. The first kappa shape index (κ1) is 24.5. The third kappa shape index (κ3) is 4.82. The number of fused-ring (bicyclic) bond motifs is 2. The second-order valence-corrected chi connectivity index (χ2v) is 10.2. The van der Waals surface area contributed by atoms with Crippen molar-refractivity contribution in [3.8, 4) is 17.1 Å². The Kier molecular flexibility index (Phi) is 6.45. The minimum atomic E-state index is 0.223. The molecule has 0 amide bonds. The lowest BCUT2D eigenvalue weighted by Gasteiger charge is -2.28. The number of benzene rings is 1. The van der Waals surface area contributed by atoms with E-state index in [4.69, 9.17) is 19.7 Å². The zero-order valence-corrected chi connectivity index (χ0v) is 22.2. The summed E-state index contributed by atoms with van der Waals surface area (Å²) in [6, 6.07) is 16.0. The maximum atomic E-state index is 12.3. The number of anilines is 2. The molecule has 4 aromatic heterocycles. The molecule has 1 aromatic carbocycles. The molecule has 2 fully saturated rings. The molecule has 10 nitrogen and oxygen atoms in total. The molecule has 10 heteroatoms. The van der Waals surface area contributed by atoms with Gasteiger partial charge in [-0.05, 0) is 30.7 Å². The number of ketones is 1. The number of nitrogens with one attached hydrogen (secondary N) is 1. The van der Waals surface area contributed by atoms with Crippen LogP contribution in [-0.4, -0.2) is 69.4 Å². The number of piperazine rings is 1. The molecule has 5 aromatic rings. The number of para-hydroxylation sites is 1. The van der Waals surface area contributed by atoms with Gasteiger partial charge in [0.05, 0.1) is 29.6 Å². The molecule has 6 heterocycles. The predicted molar refractivity (Wildman–Crippen MR) is 154 cm³/mol. The van der Waals surface area contributed by atoms with Crippen molar-refractivity contribution in [3.63, 3.8) is 0 Å². The quantitative estimate of drug-likeness (QED) is 0.351. The van der Waals surface area contributed by atoms with E-state index in [9.17, 15) is 4.79 Å². The van der Waals surface area contributed by atoms with Crippen molar-refractivity contribution < 1.29 is 9.53 Å². The van der Waals surface area contributed by atoms with Crippen LogP contribution in [0.3, 0.4) is 0 Å². The number of piperidine rings is 1. The lowest BCUT2D eigenvalue weighted by molar-refractivity contribution is -0.118. The van der Waals surface area contributed by atoms with Crippen molar-refractivity contribution in [2.75, 3.05) is 49.1 Å². The molecule has 0 aliphatic carbocycles. The zero-order chi connectivity index (χ0) is 26.9. The molecule has 0 saturated carbocycles. The fraction of sp³-hybridized carbons (Fsp3) is 0.300. The van der Waals surface area contributed by atoms with E-state index >= 15 is 0 Å². The van der Waals surface area contributed by atoms with Gasteiger partial charge in [-0.15, -0.1) is 0 Å². The minimum Gasteiger partial charge on any atom is -0.471 e. The third-order valence-corrected chi connectivity index (χ3v) is 7.50. The summed E-state index contributed by atoms with van der Waals surface area (Å²) < 4.78 is 8.10. The maximum absolute atomic E-state index is 12.3. The molecular weight excluding hydrogens is 504 g/mol. The van der Waals surface area contributed by atoms with Gasteiger partial charge in [-0.3, -0.25) is 9.20 Å². The van der Waals surface area contributed by atoms with Crippen LogP contribution in [0.2, 0.25) is 0 Å². The van der Waals surface area contributed by atoms with Crippen molar-refractivity contribution >= 4 is 34.0 Å². The molecule has 0 radical (unpaired) electrons. The highest BCUT2D eigenvalue weighted by molar-refractivity contribution is 5.86. The van der Waals surface area contributed by atoms with Gasteiger partial charge < -0.3 is 19.9 Å². The summed E-state index contributed by atoms with van der Waals surface area (Å²) in [7, 11) is 0. The van der Waals surface area contributed by atoms with Crippen LogP contribution < -0.4 is 19.9 Å². The van der Waals surface area contributed by atoms with E-state index in [0.29, 0.717) is 30.3 Å². The summed E-state index contributed by atoms with van der Waals surface area (Å²) in [6.45, 7) is 5.19. The zero-order valence-electron chi connectivity index (χ0n) is 22.2. The number of nitrogens with zero attached hydrogens (tertiary/aromatic N) is 7. The monoisotopic (exact) mass is 534 g/mol. The molecular formula is C30H30N8O2. The molecule has 1 N–H and O–H groups in total. The predicted octanol–water partition coefficient (Wildman–Crippen LogP) is 3.50. The molecule has 0 atom stereocenters. The van der Waals surface area contributed by atoms with Gasteiger partial charge in [0, 0.05) is 68.6 Å². The van der Waals surface area contributed by atoms with Crippen LogP contribution in [0.25, 0.3) is 27.8 Å². The molecule has 40 heavy (non-hydrogen) atoms. The van der Waals surface area contributed by atoms with Gasteiger partial charge >= 0.3 is 0 Å². The number of carbonyl (C=O) groups is 1. The molecule has 2 aliphatic rings. The summed E-state index contributed by atoms with van der Waals surface area (Å²) in [4.78, 5) is 35.7. The van der Waals surface area contributed by atoms with Gasteiger partial charge in [-0.2, -0.15) is 0 Å². The summed E-state index contributed by atoms with van der Waals surface area (Å²) >= 11 is 0. The molecule has 0 spiro atoms. The normalized spacial score (nSPS) is 16.1. The summed E-state index contributed by atoms with van der Waals surface area (Å²) in [6.07, 6.45) is 7.15. The van der Waals surface area contributed by atoms with Crippen molar-refractivity contribution in [2.45, 2.75) is 19.4 Å². The van der Waals surface area contributed by atoms with Crippen LogP contribution in [0.4, 0.5) is 11.6 Å². The topological polar surface area (TPSA) is 101 Å². The standard InChI is InChI=1S/C30H30N8O2/c39-24-5-3-13-37(19-24)29-30-34-23(20-40-28-10-8-21-4-1-2-6-25(21)35-28)18-38(30)26(17-33-29)22-7-9-27(32-16-22)36-14-11-31-12-15-36/h1-2,4,6-10,16-18,31H,3,5,11-15,19-20H2. The molecule has 2 aliphatic heterocycles. The number of carbonyl (C=O) groups excluding carboxylic acids is 1. The molecule has 2 saturated heterocycles.